The lowest BCUT2D eigenvalue weighted by Crippen LogP contribution is -2.29. The van der Waals surface area contributed by atoms with Gasteiger partial charge in [-0.3, -0.25) is 4.79 Å². The molecule has 1 amide bonds. The zero-order chi connectivity index (χ0) is 18.5. The van der Waals surface area contributed by atoms with Crippen molar-refractivity contribution in [3.05, 3.63) is 65.4 Å². The van der Waals surface area contributed by atoms with Gasteiger partial charge in [-0.05, 0) is 37.3 Å². The van der Waals surface area contributed by atoms with E-state index in [0.717, 1.165) is 10.2 Å². The summed E-state index contributed by atoms with van der Waals surface area (Å²) >= 11 is 1.44. The van der Waals surface area contributed by atoms with Crippen molar-refractivity contribution >= 4 is 45.2 Å². The van der Waals surface area contributed by atoms with Crippen LogP contribution in [0.15, 0.2) is 54.6 Å². The number of fused-ring (bicyclic) bond motifs is 1. The van der Waals surface area contributed by atoms with E-state index in [-0.39, 0.29) is 5.69 Å². The molecule has 5 nitrogen and oxygen atoms in total. The molecular weight excluding hydrogens is 355 g/mol. The Morgan fingerprint density at radius 1 is 1.19 bits per heavy atom. The van der Waals surface area contributed by atoms with Crippen molar-refractivity contribution in [2.45, 2.75) is 13.0 Å². The topological polar surface area (TPSA) is 68.3 Å². The molecular formula is C19H15FN2O3S. The van der Waals surface area contributed by atoms with Crippen LogP contribution in [-0.4, -0.2) is 23.0 Å². The Labute approximate surface area is 153 Å². The Kier molecular flexibility index (Phi) is 5.38. The van der Waals surface area contributed by atoms with Gasteiger partial charge in [-0.1, -0.05) is 24.3 Å². The second-order valence-corrected chi connectivity index (χ2v) is 6.46. The molecule has 0 unspecified atom stereocenters. The molecule has 132 valence electrons. The molecule has 7 heteroatoms. The smallest absolute Gasteiger partial charge is 0.331 e. The molecule has 1 heterocycles. The molecule has 1 aromatic heterocycles. The van der Waals surface area contributed by atoms with Gasteiger partial charge in [0.2, 0.25) is 0 Å². The van der Waals surface area contributed by atoms with E-state index in [0.29, 0.717) is 5.01 Å². The molecule has 3 rings (SSSR count). The third-order valence-electron chi connectivity index (χ3n) is 3.47. The van der Waals surface area contributed by atoms with Crippen molar-refractivity contribution in [3.8, 4) is 0 Å². The number of rotatable bonds is 5. The van der Waals surface area contributed by atoms with Gasteiger partial charge in [-0.25, -0.2) is 14.2 Å². The summed E-state index contributed by atoms with van der Waals surface area (Å²) in [6.45, 7) is 1.42. The summed E-state index contributed by atoms with van der Waals surface area (Å²) in [5.74, 6) is -1.85. The van der Waals surface area contributed by atoms with Crippen LogP contribution in [-0.2, 0) is 14.3 Å². The first kappa shape index (κ1) is 17.8. The SMILES string of the molecule is C[C@H](OC(=O)/C=C/c1nc2ccccc2s1)C(=O)Nc1ccccc1F. The number of benzene rings is 2. The predicted molar refractivity (Wildman–Crippen MR) is 99.2 cm³/mol. The van der Waals surface area contributed by atoms with Crippen LogP contribution in [0.3, 0.4) is 0 Å². The predicted octanol–water partition coefficient (Wildman–Crippen LogP) is 4.02. The molecule has 26 heavy (non-hydrogen) atoms. The van der Waals surface area contributed by atoms with Crippen LogP contribution in [0.25, 0.3) is 16.3 Å². The van der Waals surface area contributed by atoms with Gasteiger partial charge in [0.1, 0.15) is 10.8 Å². The first-order valence-electron chi connectivity index (χ1n) is 7.82. The van der Waals surface area contributed by atoms with Crippen LogP contribution < -0.4 is 5.32 Å². The highest BCUT2D eigenvalue weighted by Gasteiger charge is 2.17. The summed E-state index contributed by atoms with van der Waals surface area (Å²) in [5.41, 5.74) is 0.883. The molecule has 0 bridgehead atoms. The second-order valence-electron chi connectivity index (χ2n) is 5.40. The fraction of sp³-hybridized carbons (Fsp3) is 0.105. The van der Waals surface area contributed by atoms with Crippen LogP contribution in [0, 0.1) is 5.82 Å². The summed E-state index contributed by atoms with van der Waals surface area (Å²) in [4.78, 5) is 28.2. The summed E-state index contributed by atoms with van der Waals surface area (Å²) in [6.07, 6.45) is 1.68. The van der Waals surface area contributed by atoms with Gasteiger partial charge in [0.25, 0.3) is 5.91 Å². The number of esters is 1. The van der Waals surface area contributed by atoms with E-state index in [1.165, 1.54) is 48.6 Å². The Balaban J connectivity index is 1.58. The van der Waals surface area contributed by atoms with E-state index in [9.17, 15) is 14.0 Å². The van der Waals surface area contributed by atoms with Gasteiger partial charge in [-0.15, -0.1) is 11.3 Å². The molecule has 0 radical (unpaired) electrons. The number of nitrogens with one attached hydrogen (secondary N) is 1. The second kappa shape index (κ2) is 7.88. The van der Waals surface area contributed by atoms with E-state index in [1.807, 2.05) is 24.3 Å². The summed E-state index contributed by atoms with van der Waals surface area (Å²) in [5, 5.41) is 3.04. The van der Waals surface area contributed by atoms with E-state index in [2.05, 4.69) is 10.3 Å². The lowest BCUT2D eigenvalue weighted by atomic mass is 10.3. The number of carbonyl (C=O) groups excluding carboxylic acids is 2. The zero-order valence-electron chi connectivity index (χ0n) is 13.8. The van der Waals surface area contributed by atoms with Crippen molar-refractivity contribution in [1.82, 2.24) is 4.98 Å². The molecule has 1 N–H and O–H groups in total. The molecule has 0 aliphatic carbocycles. The van der Waals surface area contributed by atoms with Crippen molar-refractivity contribution in [2.75, 3.05) is 5.32 Å². The molecule has 2 aromatic carbocycles. The molecule has 0 aliphatic heterocycles. The first-order chi connectivity index (χ1) is 12.5. The number of anilines is 1. The largest absolute Gasteiger partial charge is 0.449 e. The number of hydrogen-bond acceptors (Lipinski definition) is 5. The van der Waals surface area contributed by atoms with Gasteiger partial charge in [-0.2, -0.15) is 0 Å². The lowest BCUT2D eigenvalue weighted by molar-refractivity contribution is -0.148. The van der Waals surface area contributed by atoms with Gasteiger partial charge >= 0.3 is 5.97 Å². The summed E-state index contributed by atoms with van der Waals surface area (Å²) in [7, 11) is 0. The number of para-hydroxylation sites is 2. The zero-order valence-corrected chi connectivity index (χ0v) is 14.6. The minimum Gasteiger partial charge on any atom is -0.449 e. The Morgan fingerprint density at radius 2 is 1.92 bits per heavy atom. The van der Waals surface area contributed by atoms with Crippen molar-refractivity contribution < 1.29 is 18.7 Å². The number of thiazole rings is 1. The molecule has 0 saturated heterocycles. The molecule has 3 aromatic rings. The minimum absolute atomic E-state index is 0.0328. The first-order valence-corrected chi connectivity index (χ1v) is 8.64. The highest BCUT2D eigenvalue weighted by molar-refractivity contribution is 7.19. The maximum absolute atomic E-state index is 13.5. The number of amides is 1. The summed E-state index contributed by atoms with van der Waals surface area (Å²) in [6, 6.07) is 13.4. The quantitative estimate of drug-likeness (QED) is 0.544. The molecule has 0 saturated carbocycles. The van der Waals surface area contributed by atoms with Gasteiger partial charge in [0, 0.05) is 6.08 Å². The maximum atomic E-state index is 13.5. The molecule has 0 fully saturated rings. The summed E-state index contributed by atoms with van der Waals surface area (Å²) < 4.78 is 19.6. The minimum atomic E-state index is -1.07. The standard InChI is InChI=1S/C19H15FN2O3S/c1-12(19(24)22-14-7-3-2-6-13(14)20)25-18(23)11-10-17-21-15-8-4-5-9-16(15)26-17/h2-12H,1H3,(H,22,24)/b11-10+/t12-/m0/s1. The number of nitrogens with zero attached hydrogens (tertiary/aromatic N) is 1. The number of hydrogen-bond donors (Lipinski definition) is 1. The third-order valence-corrected chi connectivity index (χ3v) is 4.47. The number of carbonyl (C=O) groups is 2. The van der Waals surface area contributed by atoms with E-state index < -0.39 is 23.8 Å². The maximum Gasteiger partial charge on any atom is 0.331 e. The molecule has 0 aliphatic rings. The normalized spacial score (nSPS) is 12.2. The fourth-order valence-corrected chi connectivity index (χ4v) is 3.03. The van der Waals surface area contributed by atoms with Crippen molar-refractivity contribution in [2.24, 2.45) is 0 Å². The third kappa shape index (κ3) is 4.31. The van der Waals surface area contributed by atoms with Crippen LogP contribution >= 0.6 is 11.3 Å². The van der Waals surface area contributed by atoms with Crippen molar-refractivity contribution in [3.63, 3.8) is 0 Å². The molecule has 1 atom stereocenters. The number of ether oxygens (including phenoxy) is 1. The highest BCUT2D eigenvalue weighted by atomic mass is 32.1. The van der Waals surface area contributed by atoms with Crippen molar-refractivity contribution in [1.29, 1.82) is 0 Å². The lowest BCUT2D eigenvalue weighted by Gasteiger charge is -2.12. The average molecular weight is 370 g/mol. The Morgan fingerprint density at radius 3 is 2.69 bits per heavy atom. The van der Waals surface area contributed by atoms with Crippen LogP contribution in [0.5, 0.6) is 0 Å². The van der Waals surface area contributed by atoms with Crippen LogP contribution in [0.1, 0.15) is 11.9 Å². The van der Waals surface area contributed by atoms with E-state index >= 15 is 0 Å². The monoisotopic (exact) mass is 370 g/mol. The highest BCUT2D eigenvalue weighted by Crippen LogP contribution is 2.22. The van der Waals surface area contributed by atoms with Crippen LogP contribution in [0.2, 0.25) is 0 Å². The Hall–Kier alpha value is -3.06. The molecule has 0 spiro atoms. The van der Waals surface area contributed by atoms with E-state index in [1.54, 1.807) is 6.07 Å². The van der Waals surface area contributed by atoms with Gasteiger partial charge < -0.3 is 10.1 Å². The number of aromatic nitrogens is 1. The number of halogens is 1. The van der Waals surface area contributed by atoms with Gasteiger partial charge in [0.15, 0.2) is 6.10 Å². The average Bonchev–Trinajstić information content (AvgIpc) is 3.05. The van der Waals surface area contributed by atoms with Crippen LogP contribution in [0.4, 0.5) is 10.1 Å². The fourth-order valence-electron chi connectivity index (χ4n) is 2.16. The van der Waals surface area contributed by atoms with E-state index in [4.69, 9.17) is 4.74 Å². The Bertz CT molecular complexity index is 951. The van der Waals surface area contributed by atoms with Gasteiger partial charge in [0.05, 0.1) is 15.9 Å².